The van der Waals surface area contributed by atoms with Crippen molar-refractivity contribution in [3.63, 3.8) is 0 Å². The molecule has 1 aromatic rings. The molecule has 0 saturated heterocycles. The first kappa shape index (κ1) is 12.9. The van der Waals surface area contributed by atoms with E-state index in [1.54, 1.807) is 0 Å². The van der Waals surface area contributed by atoms with Gasteiger partial charge in [-0.15, -0.1) is 0 Å². The second-order valence-electron chi connectivity index (χ2n) is 3.62. The number of hydrazine groups is 1. The van der Waals surface area contributed by atoms with E-state index in [9.17, 15) is 8.78 Å². The van der Waals surface area contributed by atoms with Gasteiger partial charge in [-0.05, 0) is 13.8 Å². The second-order valence-corrected chi connectivity index (χ2v) is 3.62. The molecule has 1 unspecified atom stereocenters. The van der Waals surface area contributed by atoms with E-state index in [1.807, 2.05) is 13.8 Å². The minimum atomic E-state index is -2.63. The van der Waals surface area contributed by atoms with Gasteiger partial charge in [-0.1, -0.05) is 0 Å². The zero-order chi connectivity index (χ0) is 12.3. The number of alkyl halides is 2. The highest BCUT2D eigenvalue weighted by molar-refractivity contribution is 5.29. The van der Waals surface area contributed by atoms with Crippen molar-refractivity contribution in [2.45, 2.75) is 32.4 Å². The summed E-state index contributed by atoms with van der Waals surface area (Å²) in [5.74, 6) is 5.43. The summed E-state index contributed by atoms with van der Waals surface area (Å²) in [6.07, 6.45) is -1.23. The zero-order valence-corrected chi connectivity index (χ0v) is 9.45. The first-order valence-electron chi connectivity index (χ1n) is 4.88. The Kier molecular flexibility index (Phi) is 4.19. The molecule has 0 bridgehead atoms. The first-order chi connectivity index (χ1) is 7.52. The van der Waals surface area contributed by atoms with E-state index in [4.69, 9.17) is 10.6 Å². The average molecular weight is 234 g/mol. The van der Waals surface area contributed by atoms with Gasteiger partial charge in [0.15, 0.2) is 5.75 Å². The maximum atomic E-state index is 12.8. The Morgan fingerprint density at radius 3 is 2.50 bits per heavy atom. The Hall–Kier alpha value is -1.21. The Morgan fingerprint density at radius 1 is 1.50 bits per heavy atom. The summed E-state index contributed by atoms with van der Waals surface area (Å²) in [5, 5.41) is 4.00. The van der Waals surface area contributed by atoms with Crippen LogP contribution in [0.4, 0.5) is 8.78 Å². The topological polar surface area (TPSA) is 65.1 Å². The molecule has 0 spiro atoms. The van der Waals surface area contributed by atoms with Crippen LogP contribution < -0.4 is 16.0 Å². The molecule has 1 aromatic heterocycles. The SMILES string of the molecule is COc1cnn(C(C)C)c1C(NN)C(F)F. The molecule has 1 rings (SSSR count). The minimum Gasteiger partial charge on any atom is -0.493 e. The third-order valence-electron chi connectivity index (χ3n) is 2.23. The van der Waals surface area contributed by atoms with E-state index in [0.717, 1.165) is 0 Å². The molecule has 0 amide bonds. The lowest BCUT2D eigenvalue weighted by molar-refractivity contribution is 0.0923. The molecule has 0 aromatic carbocycles. The van der Waals surface area contributed by atoms with Crippen LogP contribution in [-0.2, 0) is 0 Å². The summed E-state index contributed by atoms with van der Waals surface area (Å²) in [6, 6.07) is -1.34. The summed E-state index contributed by atoms with van der Waals surface area (Å²) < 4.78 is 32.0. The molecular weight excluding hydrogens is 218 g/mol. The van der Waals surface area contributed by atoms with Gasteiger partial charge >= 0.3 is 0 Å². The van der Waals surface area contributed by atoms with E-state index in [-0.39, 0.29) is 11.7 Å². The molecule has 0 aliphatic rings. The predicted molar refractivity (Wildman–Crippen MR) is 55.2 cm³/mol. The maximum absolute atomic E-state index is 12.8. The maximum Gasteiger partial charge on any atom is 0.260 e. The molecule has 1 atom stereocenters. The normalized spacial score (nSPS) is 13.5. The van der Waals surface area contributed by atoms with Crippen LogP contribution >= 0.6 is 0 Å². The van der Waals surface area contributed by atoms with Crippen LogP contribution in [0.25, 0.3) is 0 Å². The Labute approximate surface area is 92.5 Å². The molecule has 3 N–H and O–H groups in total. The van der Waals surface area contributed by atoms with Crippen molar-refractivity contribution in [3.05, 3.63) is 11.9 Å². The number of nitrogens with two attached hydrogens (primary N) is 1. The molecule has 7 heteroatoms. The molecule has 16 heavy (non-hydrogen) atoms. The molecule has 92 valence electrons. The van der Waals surface area contributed by atoms with Crippen LogP contribution in [0.15, 0.2) is 6.20 Å². The largest absolute Gasteiger partial charge is 0.493 e. The third kappa shape index (κ3) is 2.30. The van der Waals surface area contributed by atoms with Crippen molar-refractivity contribution in [1.82, 2.24) is 15.2 Å². The molecule has 0 saturated carbocycles. The Morgan fingerprint density at radius 2 is 2.12 bits per heavy atom. The fourth-order valence-corrected chi connectivity index (χ4v) is 1.49. The van der Waals surface area contributed by atoms with Gasteiger partial charge in [0.2, 0.25) is 0 Å². The molecule has 1 heterocycles. The van der Waals surface area contributed by atoms with E-state index < -0.39 is 12.5 Å². The predicted octanol–water partition coefficient (Wildman–Crippen LogP) is 1.24. The van der Waals surface area contributed by atoms with Crippen LogP contribution in [0.5, 0.6) is 5.75 Å². The molecule has 0 aliphatic heterocycles. The van der Waals surface area contributed by atoms with Crippen LogP contribution in [0, 0.1) is 0 Å². The van der Waals surface area contributed by atoms with Crippen LogP contribution in [0.1, 0.15) is 31.6 Å². The van der Waals surface area contributed by atoms with Gasteiger partial charge in [-0.25, -0.2) is 14.2 Å². The van der Waals surface area contributed by atoms with Gasteiger partial charge in [-0.2, -0.15) is 5.10 Å². The van der Waals surface area contributed by atoms with Crippen LogP contribution in [0.2, 0.25) is 0 Å². The van der Waals surface area contributed by atoms with Gasteiger partial charge < -0.3 is 4.74 Å². The van der Waals surface area contributed by atoms with Crippen LogP contribution in [0.3, 0.4) is 0 Å². The first-order valence-corrected chi connectivity index (χ1v) is 4.88. The second kappa shape index (κ2) is 5.22. The van der Waals surface area contributed by atoms with Crippen molar-refractivity contribution in [3.8, 4) is 5.75 Å². The highest BCUT2D eigenvalue weighted by atomic mass is 19.3. The van der Waals surface area contributed by atoms with Crippen molar-refractivity contribution >= 4 is 0 Å². The van der Waals surface area contributed by atoms with Gasteiger partial charge in [0.05, 0.1) is 13.3 Å². The lowest BCUT2D eigenvalue weighted by atomic mass is 10.2. The number of nitrogens with one attached hydrogen (secondary N) is 1. The van der Waals surface area contributed by atoms with Crippen molar-refractivity contribution in [2.75, 3.05) is 7.11 Å². The standard InChI is InChI=1S/C9H16F2N4O/c1-5(2)15-8(6(16-3)4-13-15)7(14-12)9(10)11/h4-5,7,9,14H,12H2,1-3H3. The van der Waals surface area contributed by atoms with Gasteiger partial charge in [0, 0.05) is 6.04 Å². The van der Waals surface area contributed by atoms with Crippen LogP contribution in [-0.4, -0.2) is 23.3 Å². The third-order valence-corrected chi connectivity index (χ3v) is 2.23. The lowest BCUT2D eigenvalue weighted by Crippen LogP contribution is -2.35. The number of nitrogens with zero attached hydrogens (tertiary/aromatic N) is 2. The van der Waals surface area contributed by atoms with Gasteiger partial charge in [0.1, 0.15) is 11.7 Å². The molecule has 5 nitrogen and oxygen atoms in total. The number of ether oxygens (including phenoxy) is 1. The highest BCUT2D eigenvalue weighted by Gasteiger charge is 2.29. The average Bonchev–Trinajstić information content (AvgIpc) is 2.62. The molecule has 0 aliphatic carbocycles. The quantitative estimate of drug-likeness (QED) is 0.594. The summed E-state index contributed by atoms with van der Waals surface area (Å²) in [4.78, 5) is 0. The highest BCUT2D eigenvalue weighted by Crippen LogP contribution is 2.30. The number of methoxy groups -OCH3 is 1. The Balaban J connectivity index is 3.20. The van der Waals surface area contributed by atoms with E-state index in [1.165, 1.54) is 18.0 Å². The monoisotopic (exact) mass is 234 g/mol. The van der Waals surface area contributed by atoms with Crippen molar-refractivity contribution < 1.29 is 13.5 Å². The molecular formula is C9H16F2N4O. The summed E-state index contributed by atoms with van der Waals surface area (Å²) >= 11 is 0. The Bertz CT molecular complexity index is 340. The van der Waals surface area contributed by atoms with Gasteiger partial charge in [-0.3, -0.25) is 10.5 Å². The van der Waals surface area contributed by atoms with Crippen molar-refractivity contribution in [2.24, 2.45) is 5.84 Å². The molecule has 0 radical (unpaired) electrons. The summed E-state index contributed by atoms with van der Waals surface area (Å²) in [5.41, 5.74) is 2.34. The summed E-state index contributed by atoms with van der Waals surface area (Å²) in [7, 11) is 1.41. The number of hydrogen-bond donors (Lipinski definition) is 2. The number of rotatable bonds is 5. The van der Waals surface area contributed by atoms with Crippen molar-refractivity contribution in [1.29, 1.82) is 0 Å². The minimum absolute atomic E-state index is 0.0477. The fourth-order valence-electron chi connectivity index (χ4n) is 1.49. The number of halogens is 2. The van der Waals surface area contributed by atoms with E-state index >= 15 is 0 Å². The summed E-state index contributed by atoms with van der Waals surface area (Å²) in [6.45, 7) is 3.68. The molecule has 0 fully saturated rings. The lowest BCUT2D eigenvalue weighted by Gasteiger charge is -2.19. The fraction of sp³-hybridized carbons (Fsp3) is 0.667. The van der Waals surface area contributed by atoms with Gasteiger partial charge in [0.25, 0.3) is 6.43 Å². The smallest absolute Gasteiger partial charge is 0.260 e. The number of aromatic nitrogens is 2. The van der Waals surface area contributed by atoms with E-state index in [2.05, 4.69) is 10.5 Å². The number of hydrogen-bond acceptors (Lipinski definition) is 4. The zero-order valence-electron chi connectivity index (χ0n) is 9.45. The van der Waals surface area contributed by atoms with E-state index in [0.29, 0.717) is 5.75 Å².